The van der Waals surface area contributed by atoms with Crippen LogP contribution in [0.15, 0.2) is 60.7 Å². The quantitative estimate of drug-likeness (QED) is 0.665. The van der Waals surface area contributed by atoms with Crippen LogP contribution in [0.5, 0.6) is 11.5 Å². The summed E-state index contributed by atoms with van der Waals surface area (Å²) in [5.41, 5.74) is 2.56. The van der Waals surface area contributed by atoms with Crippen LogP contribution in [0, 0.1) is 0 Å². The van der Waals surface area contributed by atoms with Crippen LogP contribution in [0.4, 0.5) is 0 Å². The fourth-order valence-electron chi connectivity index (χ4n) is 4.25. The predicted molar refractivity (Wildman–Crippen MR) is 119 cm³/mol. The molecule has 1 aliphatic rings. The van der Waals surface area contributed by atoms with E-state index in [1.807, 2.05) is 13.0 Å². The van der Waals surface area contributed by atoms with Gasteiger partial charge in [0.2, 0.25) is 0 Å². The lowest BCUT2D eigenvalue weighted by atomic mass is 9.94. The zero-order valence-electron chi connectivity index (χ0n) is 17.4. The maximum Gasteiger partial charge on any atom is 0.161 e. The summed E-state index contributed by atoms with van der Waals surface area (Å²) in [6.45, 7) is 6.81. The topological polar surface area (TPSA) is 33.7 Å². The average Bonchev–Trinajstić information content (AvgIpc) is 3.04. The van der Waals surface area contributed by atoms with Gasteiger partial charge >= 0.3 is 0 Å². The Kier molecular flexibility index (Phi) is 6.33. The molecule has 1 unspecified atom stereocenters. The minimum atomic E-state index is 0.185. The largest absolute Gasteiger partial charge is 0.493 e. The Balaban J connectivity index is 1.80. The molecule has 0 aromatic heterocycles. The Morgan fingerprint density at radius 1 is 0.897 bits per heavy atom. The summed E-state index contributed by atoms with van der Waals surface area (Å²) in [5, 5.41) is 6.08. The third-order valence-corrected chi connectivity index (χ3v) is 5.63. The first kappa shape index (κ1) is 19.7. The van der Waals surface area contributed by atoms with Gasteiger partial charge in [-0.05, 0) is 60.0 Å². The normalized spacial score (nSPS) is 16.3. The second-order valence-corrected chi connectivity index (χ2v) is 7.49. The van der Waals surface area contributed by atoms with E-state index >= 15 is 0 Å². The lowest BCUT2D eigenvalue weighted by molar-refractivity contribution is 0.240. The molecular formula is C25H30N2O2. The molecule has 1 heterocycles. The molecule has 4 nitrogen and oxygen atoms in total. The predicted octanol–water partition coefficient (Wildman–Crippen LogP) is 4.63. The number of nitrogens with zero attached hydrogens (tertiary/aromatic N) is 1. The van der Waals surface area contributed by atoms with E-state index in [1.165, 1.54) is 21.9 Å². The van der Waals surface area contributed by atoms with Gasteiger partial charge in [0.25, 0.3) is 0 Å². The maximum absolute atomic E-state index is 5.88. The van der Waals surface area contributed by atoms with Crippen molar-refractivity contribution in [2.75, 3.05) is 39.9 Å². The fourth-order valence-corrected chi connectivity index (χ4v) is 4.25. The third-order valence-electron chi connectivity index (χ3n) is 5.63. The van der Waals surface area contributed by atoms with Crippen LogP contribution >= 0.6 is 0 Å². The standard InChI is InChI=1S/C25H30N2O2/c1-3-29-24-18-22(11-12-23(24)28-2)25(27-15-6-13-26-14-16-27)21-10-9-19-7-4-5-8-20(19)17-21/h4-5,7-12,17-18,25-26H,3,6,13-16H2,1-2H3. The molecule has 0 amide bonds. The van der Waals surface area contributed by atoms with E-state index in [-0.39, 0.29) is 6.04 Å². The van der Waals surface area contributed by atoms with Crippen molar-refractivity contribution in [1.82, 2.24) is 10.2 Å². The summed E-state index contributed by atoms with van der Waals surface area (Å²) in [6.07, 6.45) is 1.15. The third kappa shape index (κ3) is 4.39. The lowest BCUT2D eigenvalue weighted by Gasteiger charge is -2.32. The smallest absolute Gasteiger partial charge is 0.161 e. The van der Waals surface area contributed by atoms with E-state index in [1.54, 1.807) is 7.11 Å². The van der Waals surface area contributed by atoms with E-state index in [4.69, 9.17) is 9.47 Å². The lowest BCUT2D eigenvalue weighted by Crippen LogP contribution is -2.33. The average molecular weight is 391 g/mol. The van der Waals surface area contributed by atoms with Gasteiger partial charge in [-0.15, -0.1) is 0 Å². The molecular weight excluding hydrogens is 360 g/mol. The van der Waals surface area contributed by atoms with E-state index in [0.717, 1.165) is 44.1 Å². The zero-order valence-corrected chi connectivity index (χ0v) is 17.4. The number of fused-ring (bicyclic) bond motifs is 1. The molecule has 0 radical (unpaired) electrons. The van der Waals surface area contributed by atoms with Crippen LogP contribution in [0.25, 0.3) is 10.8 Å². The van der Waals surface area contributed by atoms with Gasteiger partial charge in [0.05, 0.1) is 19.8 Å². The highest BCUT2D eigenvalue weighted by molar-refractivity contribution is 5.83. The van der Waals surface area contributed by atoms with E-state index in [2.05, 4.69) is 64.8 Å². The molecule has 0 saturated carbocycles. The maximum atomic E-state index is 5.88. The highest BCUT2D eigenvalue weighted by atomic mass is 16.5. The summed E-state index contributed by atoms with van der Waals surface area (Å²) in [5.74, 6) is 1.59. The van der Waals surface area contributed by atoms with Gasteiger partial charge in [0.1, 0.15) is 0 Å². The summed E-state index contributed by atoms with van der Waals surface area (Å²) in [7, 11) is 1.69. The van der Waals surface area contributed by atoms with E-state index in [9.17, 15) is 0 Å². The van der Waals surface area contributed by atoms with Gasteiger partial charge in [-0.25, -0.2) is 0 Å². The second-order valence-electron chi connectivity index (χ2n) is 7.49. The molecule has 1 saturated heterocycles. The van der Waals surface area contributed by atoms with E-state index in [0.29, 0.717) is 6.61 Å². The van der Waals surface area contributed by atoms with Gasteiger partial charge in [-0.3, -0.25) is 4.90 Å². The number of hydrogen-bond acceptors (Lipinski definition) is 4. The highest BCUT2D eigenvalue weighted by Gasteiger charge is 2.24. The first-order valence-electron chi connectivity index (χ1n) is 10.5. The molecule has 29 heavy (non-hydrogen) atoms. The van der Waals surface area contributed by atoms with Crippen LogP contribution in [-0.2, 0) is 0 Å². The van der Waals surface area contributed by atoms with Gasteiger partial charge in [0.15, 0.2) is 11.5 Å². The van der Waals surface area contributed by atoms with Crippen LogP contribution in [0.2, 0.25) is 0 Å². The molecule has 0 bridgehead atoms. The molecule has 4 rings (SSSR count). The van der Waals surface area contributed by atoms with Crippen molar-refractivity contribution < 1.29 is 9.47 Å². The van der Waals surface area contributed by atoms with Crippen LogP contribution in [0.3, 0.4) is 0 Å². The molecule has 1 atom stereocenters. The summed E-state index contributed by atoms with van der Waals surface area (Å²) in [6, 6.07) is 22.0. The molecule has 1 fully saturated rings. The summed E-state index contributed by atoms with van der Waals surface area (Å²) < 4.78 is 11.4. The zero-order chi connectivity index (χ0) is 20.1. The molecule has 152 valence electrons. The Morgan fingerprint density at radius 3 is 2.52 bits per heavy atom. The summed E-state index contributed by atoms with van der Waals surface area (Å²) >= 11 is 0. The molecule has 3 aromatic carbocycles. The van der Waals surface area contributed by atoms with Gasteiger partial charge < -0.3 is 14.8 Å². The molecule has 1 aliphatic heterocycles. The number of benzene rings is 3. The summed E-state index contributed by atoms with van der Waals surface area (Å²) in [4.78, 5) is 2.58. The SMILES string of the molecule is CCOc1cc(C(c2ccc3ccccc3c2)N2CCCNCC2)ccc1OC. The van der Waals surface area contributed by atoms with Crippen molar-refractivity contribution in [3.05, 3.63) is 71.8 Å². The first-order chi connectivity index (χ1) is 14.3. The molecule has 1 N–H and O–H groups in total. The van der Waals surface area contributed by atoms with E-state index < -0.39 is 0 Å². The second kappa shape index (κ2) is 9.29. The van der Waals surface area contributed by atoms with Crippen LogP contribution in [0.1, 0.15) is 30.5 Å². The Labute approximate surface area is 173 Å². The molecule has 4 heteroatoms. The van der Waals surface area contributed by atoms with Crippen molar-refractivity contribution in [3.8, 4) is 11.5 Å². The van der Waals surface area contributed by atoms with Crippen molar-refractivity contribution in [1.29, 1.82) is 0 Å². The molecule has 0 aliphatic carbocycles. The number of methoxy groups -OCH3 is 1. The number of rotatable bonds is 6. The van der Waals surface area contributed by atoms with Gasteiger partial charge in [-0.1, -0.05) is 42.5 Å². The Bertz CT molecular complexity index is 948. The molecule has 3 aromatic rings. The van der Waals surface area contributed by atoms with Gasteiger partial charge in [0, 0.05) is 19.6 Å². The van der Waals surface area contributed by atoms with Crippen LogP contribution < -0.4 is 14.8 Å². The number of ether oxygens (including phenoxy) is 2. The van der Waals surface area contributed by atoms with Gasteiger partial charge in [-0.2, -0.15) is 0 Å². The number of hydrogen-bond donors (Lipinski definition) is 1. The minimum Gasteiger partial charge on any atom is -0.493 e. The monoisotopic (exact) mass is 390 g/mol. The Morgan fingerprint density at radius 2 is 1.69 bits per heavy atom. The van der Waals surface area contributed by atoms with Crippen molar-refractivity contribution in [2.45, 2.75) is 19.4 Å². The highest BCUT2D eigenvalue weighted by Crippen LogP contribution is 2.36. The van der Waals surface area contributed by atoms with Crippen molar-refractivity contribution in [3.63, 3.8) is 0 Å². The Hall–Kier alpha value is -2.56. The van der Waals surface area contributed by atoms with Crippen molar-refractivity contribution >= 4 is 10.8 Å². The molecule has 0 spiro atoms. The first-order valence-corrected chi connectivity index (χ1v) is 10.5. The number of nitrogens with one attached hydrogen (secondary N) is 1. The minimum absolute atomic E-state index is 0.185. The van der Waals surface area contributed by atoms with Crippen molar-refractivity contribution in [2.24, 2.45) is 0 Å². The van der Waals surface area contributed by atoms with Crippen LogP contribution in [-0.4, -0.2) is 44.8 Å². The fraction of sp³-hybridized carbons (Fsp3) is 0.360.